The summed E-state index contributed by atoms with van der Waals surface area (Å²) in [5, 5.41) is 0.761. The molecule has 3 nitrogen and oxygen atoms in total. The van der Waals surface area contributed by atoms with Crippen LogP contribution in [0.3, 0.4) is 0 Å². The Morgan fingerprint density at radius 2 is 1.84 bits per heavy atom. The highest BCUT2D eigenvalue weighted by Crippen LogP contribution is 2.34. The molecule has 1 aromatic rings. The summed E-state index contributed by atoms with van der Waals surface area (Å²) in [5.74, 6) is 1.69. The second kappa shape index (κ2) is 7.73. The minimum Gasteiger partial charge on any atom is -0.496 e. The molecule has 0 amide bonds. The van der Waals surface area contributed by atoms with Gasteiger partial charge < -0.3 is 16.2 Å². The topological polar surface area (TPSA) is 61.3 Å². The Hall–Kier alpha value is -0.770. The Kier molecular flexibility index (Phi) is 6.63. The molecule has 108 valence electrons. The third-order valence-electron chi connectivity index (χ3n) is 3.47. The zero-order valence-electron chi connectivity index (χ0n) is 12.1. The molecule has 0 aliphatic heterocycles. The van der Waals surface area contributed by atoms with Gasteiger partial charge in [-0.15, -0.1) is 0 Å². The SMILES string of the molecule is COc1c(CCC(CN)CN)cc(Cl)cc1C(C)C. The molecule has 0 heterocycles. The van der Waals surface area contributed by atoms with Crippen LogP contribution in [0.15, 0.2) is 12.1 Å². The van der Waals surface area contributed by atoms with Crippen molar-refractivity contribution in [3.63, 3.8) is 0 Å². The second-order valence-corrected chi connectivity index (χ2v) is 5.65. The van der Waals surface area contributed by atoms with Gasteiger partial charge in [0.05, 0.1) is 7.11 Å². The normalized spacial score (nSPS) is 11.4. The Bertz CT molecular complexity index is 403. The van der Waals surface area contributed by atoms with E-state index in [1.54, 1.807) is 7.11 Å². The molecular formula is C15H25ClN2O. The van der Waals surface area contributed by atoms with Gasteiger partial charge >= 0.3 is 0 Å². The van der Waals surface area contributed by atoms with Crippen LogP contribution in [0.2, 0.25) is 5.02 Å². The number of ether oxygens (including phenoxy) is 1. The van der Waals surface area contributed by atoms with E-state index in [-0.39, 0.29) is 0 Å². The number of nitrogens with two attached hydrogens (primary N) is 2. The zero-order valence-corrected chi connectivity index (χ0v) is 12.8. The fraction of sp³-hybridized carbons (Fsp3) is 0.600. The number of benzene rings is 1. The molecular weight excluding hydrogens is 260 g/mol. The lowest BCUT2D eigenvalue weighted by Gasteiger charge is -2.18. The molecule has 0 aromatic heterocycles. The molecule has 0 aliphatic carbocycles. The van der Waals surface area contributed by atoms with Crippen molar-refractivity contribution >= 4 is 11.6 Å². The van der Waals surface area contributed by atoms with Gasteiger partial charge in [0.25, 0.3) is 0 Å². The first kappa shape index (κ1) is 16.3. The zero-order chi connectivity index (χ0) is 14.4. The molecule has 0 spiro atoms. The van der Waals surface area contributed by atoms with E-state index in [4.69, 9.17) is 27.8 Å². The van der Waals surface area contributed by atoms with Gasteiger partial charge in [0.2, 0.25) is 0 Å². The van der Waals surface area contributed by atoms with Crippen LogP contribution in [0, 0.1) is 5.92 Å². The van der Waals surface area contributed by atoms with E-state index in [0.29, 0.717) is 24.9 Å². The summed E-state index contributed by atoms with van der Waals surface area (Å²) in [5.41, 5.74) is 13.7. The molecule has 0 bridgehead atoms. The van der Waals surface area contributed by atoms with Gasteiger partial charge in [-0.2, -0.15) is 0 Å². The number of hydrogen-bond acceptors (Lipinski definition) is 3. The third-order valence-corrected chi connectivity index (χ3v) is 3.69. The van der Waals surface area contributed by atoms with E-state index in [0.717, 1.165) is 34.7 Å². The first-order chi connectivity index (χ1) is 9.03. The van der Waals surface area contributed by atoms with Crippen LogP contribution in [0.25, 0.3) is 0 Å². The number of rotatable bonds is 7. The highest BCUT2D eigenvalue weighted by Gasteiger charge is 2.15. The smallest absolute Gasteiger partial charge is 0.125 e. The second-order valence-electron chi connectivity index (χ2n) is 5.22. The van der Waals surface area contributed by atoms with Crippen molar-refractivity contribution in [2.24, 2.45) is 17.4 Å². The van der Waals surface area contributed by atoms with Crippen LogP contribution >= 0.6 is 11.6 Å². The van der Waals surface area contributed by atoms with Crippen molar-refractivity contribution in [1.82, 2.24) is 0 Å². The van der Waals surface area contributed by atoms with E-state index in [9.17, 15) is 0 Å². The Labute approximate surface area is 121 Å². The van der Waals surface area contributed by atoms with Crippen molar-refractivity contribution in [1.29, 1.82) is 0 Å². The van der Waals surface area contributed by atoms with Gasteiger partial charge in [0.1, 0.15) is 5.75 Å². The molecule has 0 unspecified atom stereocenters. The third kappa shape index (κ3) is 4.37. The molecule has 0 saturated carbocycles. The fourth-order valence-electron chi connectivity index (χ4n) is 2.23. The van der Waals surface area contributed by atoms with Gasteiger partial charge in [-0.1, -0.05) is 25.4 Å². The lowest BCUT2D eigenvalue weighted by atomic mass is 9.94. The number of hydrogen-bond donors (Lipinski definition) is 2. The van der Waals surface area contributed by atoms with E-state index >= 15 is 0 Å². The van der Waals surface area contributed by atoms with E-state index < -0.39 is 0 Å². The van der Waals surface area contributed by atoms with E-state index in [1.807, 2.05) is 12.1 Å². The van der Waals surface area contributed by atoms with Crippen molar-refractivity contribution < 1.29 is 4.74 Å². The summed E-state index contributed by atoms with van der Waals surface area (Å²) in [6.45, 7) is 5.52. The highest BCUT2D eigenvalue weighted by atomic mass is 35.5. The summed E-state index contributed by atoms with van der Waals surface area (Å²) in [6, 6.07) is 3.97. The Balaban J connectivity index is 2.99. The Morgan fingerprint density at radius 1 is 1.21 bits per heavy atom. The lowest BCUT2D eigenvalue weighted by molar-refractivity contribution is 0.399. The maximum absolute atomic E-state index is 6.20. The average molecular weight is 285 g/mol. The Morgan fingerprint density at radius 3 is 2.32 bits per heavy atom. The molecule has 19 heavy (non-hydrogen) atoms. The molecule has 4 N–H and O–H groups in total. The maximum atomic E-state index is 6.20. The number of halogens is 1. The number of methoxy groups -OCH3 is 1. The van der Waals surface area contributed by atoms with Crippen LogP contribution in [0.5, 0.6) is 5.75 Å². The summed E-state index contributed by atoms with van der Waals surface area (Å²) in [6.07, 6.45) is 1.85. The molecule has 0 atom stereocenters. The summed E-state index contributed by atoms with van der Waals surface area (Å²) in [7, 11) is 1.71. The van der Waals surface area contributed by atoms with Gasteiger partial charge in [-0.25, -0.2) is 0 Å². The van der Waals surface area contributed by atoms with E-state index in [2.05, 4.69) is 13.8 Å². The molecule has 0 radical (unpaired) electrons. The van der Waals surface area contributed by atoms with Gasteiger partial charge in [0.15, 0.2) is 0 Å². The monoisotopic (exact) mass is 284 g/mol. The standard InChI is InChI=1S/C15H25ClN2O/c1-10(2)14-7-13(16)6-12(15(14)19-3)5-4-11(8-17)9-18/h6-7,10-11H,4-5,8-9,17-18H2,1-3H3. The largest absolute Gasteiger partial charge is 0.496 e. The van der Waals surface area contributed by atoms with Crippen LogP contribution in [-0.2, 0) is 6.42 Å². The molecule has 0 fully saturated rings. The van der Waals surface area contributed by atoms with Crippen LogP contribution in [-0.4, -0.2) is 20.2 Å². The first-order valence-electron chi connectivity index (χ1n) is 6.79. The lowest BCUT2D eigenvalue weighted by Crippen LogP contribution is -2.23. The predicted octanol–water partition coefficient (Wildman–Crippen LogP) is 2.94. The van der Waals surface area contributed by atoms with E-state index in [1.165, 1.54) is 0 Å². The molecule has 1 aromatic carbocycles. The minimum atomic E-state index is 0.353. The molecule has 0 aliphatic rings. The van der Waals surface area contributed by atoms with Crippen LogP contribution in [0.4, 0.5) is 0 Å². The van der Waals surface area contributed by atoms with Crippen molar-refractivity contribution in [2.45, 2.75) is 32.6 Å². The quantitative estimate of drug-likeness (QED) is 0.809. The van der Waals surface area contributed by atoms with Crippen molar-refractivity contribution in [3.05, 3.63) is 28.3 Å². The van der Waals surface area contributed by atoms with Crippen LogP contribution < -0.4 is 16.2 Å². The predicted molar refractivity (Wildman–Crippen MR) is 82.0 cm³/mol. The summed E-state index contributed by atoms with van der Waals surface area (Å²) < 4.78 is 5.57. The number of aryl methyl sites for hydroxylation is 1. The highest BCUT2D eigenvalue weighted by molar-refractivity contribution is 6.30. The van der Waals surface area contributed by atoms with Crippen molar-refractivity contribution in [2.75, 3.05) is 20.2 Å². The summed E-state index contributed by atoms with van der Waals surface area (Å²) >= 11 is 6.20. The minimum absolute atomic E-state index is 0.353. The molecule has 0 saturated heterocycles. The maximum Gasteiger partial charge on any atom is 0.125 e. The summed E-state index contributed by atoms with van der Waals surface area (Å²) in [4.78, 5) is 0. The molecule has 4 heteroatoms. The fourth-order valence-corrected chi connectivity index (χ4v) is 2.48. The first-order valence-corrected chi connectivity index (χ1v) is 7.17. The van der Waals surface area contributed by atoms with Gasteiger partial charge in [-0.05, 0) is 61.0 Å². The van der Waals surface area contributed by atoms with Gasteiger partial charge in [-0.3, -0.25) is 0 Å². The average Bonchev–Trinajstić information content (AvgIpc) is 2.39. The van der Waals surface area contributed by atoms with Gasteiger partial charge in [0, 0.05) is 5.02 Å². The van der Waals surface area contributed by atoms with Crippen molar-refractivity contribution in [3.8, 4) is 5.75 Å². The van der Waals surface area contributed by atoms with Crippen LogP contribution in [0.1, 0.15) is 37.3 Å². The molecule has 1 rings (SSSR count).